The first-order valence-electron chi connectivity index (χ1n) is 4.63. The van der Waals surface area contributed by atoms with Crippen molar-refractivity contribution in [2.24, 2.45) is 5.92 Å². The number of nitrogens with one attached hydrogen (secondary N) is 1. The Balaban J connectivity index is 1.63. The van der Waals surface area contributed by atoms with Crippen LogP contribution in [0.4, 0.5) is 0 Å². The van der Waals surface area contributed by atoms with Crippen molar-refractivity contribution in [3.63, 3.8) is 0 Å². The Morgan fingerprint density at radius 2 is 2.69 bits per heavy atom. The standard InChI is InChI=1S/C9H14N2O2/c1-3-10-5-8(1)6-12-7-9-2-4-11-13-9/h2,4,8,10H,1,3,5-7H2. The van der Waals surface area contributed by atoms with Gasteiger partial charge in [0.25, 0.3) is 0 Å². The maximum Gasteiger partial charge on any atom is 0.162 e. The van der Waals surface area contributed by atoms with Crippen molar-refractivity contribution in [2.75, 3.05) is 19.7 Å². The van der Waals surface area contributed by atoms with Crippen molar-refractivity contribution < 1.29 is 9.26 Å². The predicted octanol–water partition coefficient (Wildman–Crippen LogP) is 0.801. The maximum absolute atomic E-state index is 5.49. The van der Waals surface area contributed by atoms with Crippen LogP contribution in [-0.4, -0.2) is 24.9 Å². The highest BCUT2D eigenvalue weighted by Gasteiger charge is 2.14. The van der Waals surface area contributed by atoms with E-state index in [-0.39, 0.29) is 0 Å². The zero-order valence-electron chi connectivity index (χ0n) is 7.53. The van der Waals surface area contributed by atoms with E-state index in [1.807, 2.05) is 6.07 Å². The van der Waals surface area contributed by atoms with E-state index in [4.69, 9.17) is 9.26 Å². The topological polar surface area (TPSA) is 47.3 Å². The summed E-state index contributed by atoms with van der Waals surface area (Å²) in [4.78, 5) is 0. The summed E-state index contributed by atoms with van der Waals surface area (Å²) in [6.45, 7) is 3.55. The Bertz CT molecular complexity index is 230. The van der Waals surface area contributed by atoms with Gasteiger partial charge in [-0.25, -0.2) is 0 Å². The molecule has 72 valence electrons. The number of hydrogen-bond acceptors (Lipinski definition) is 4. The smallest absolute Gasteiger partial charge is 0.162 e. The average Bonchev–Trinajstić information content (AvgIpc) is 2.75. The third-order valence-corrected chi connectivity index (χ3v) is 2.25. The van der Waals surface area contributed by atoms with E-state index >= 15 is 0 Å². The Morgan fingerprint density at radius 1 is 1.69 bits per heavy atom. The minimum atomic E-state index is 0.538. The van der Waals surface area contributed by atoms with Crippen LogP contribution >= 0.6 is 0 Å². The maximum atomic E-state index is 5.49. The van der Waals surface area contributed by atoms with Crippen molar-refractivity contribution in [1.29, 1.82) is 0 Å². The molecule has 1 unspecified atom stereocenters. The van der Waals surface area contributed by atoms with Crippen LogP contribution in [0.2, 0.25) is 0 Å². The predicted molar refractivity (Wildman–Crippen MR) is 47.1 cm³/mol. The third-order valence-electron chi connectivity index (χ3n) is 2.25. The molecule has 4 heteroatoms. The molecule has 1 aromatic rings. The van der Waals surface area contributed by atoms with E-state index in [9.17, 15) is 0 Å². The summed E-state index contributed by atoms with van der Waals surface area (Å²) in [5, 5.41) is 6.91. The molecule has 1 aromatic heterocycles. The summed E-state index contributed by atoms with van der Waals surface area (Å²) in [7, 11) is 0. The lowest BCUT2D eigenvalue weighted by atomic mass is 10.1. The second-order valence-electron chi connectivity index (χ2n) is 3.35. The monoisotopic (exact) mass is 182 g/mol. The number of aromatic nitrogens is 1. The minimum Gasteiger partial charge on any atom is -0.373 e. The molecule has 2 rings (SSSR count). The number of nitrogens with zero attached hydrogens (tertiary/aromatic N) is 1. The van der Waals surface area contributed by atoms with Gasteiger partial charge in [0.15, 0.2) is 5.76 Å². The van der Waals surface area contributed by atoms with Crippen molar-refractivity contribution in [1.82, 2.24) is 10.5 Å². The lowest BCUT2D eigenvalue weighted by molar-refractivity contribution is 0.0766. The zero-order chi connectivity index (χ0) is 8.93. The van der Waals surface area contributed by atoms with Gasteiger partial charge in [0.05, 0.1) is 12.8 Å². The molecule has 4 nitrogen and oxygen atoms in total. The molecular formula is C9H14N2O2. The number of ether oxygens (including phenoxy) is 1. The van der Waals surface area contributed by atoms with Crippen LogP contribution in [0.1, 0.15) is 12.2 Å². The van der Waals surface area contributed by atoms with Crippen LogP contribution < -0.4 is 5.32 Å². The van der Waals surface area contributed by atoms with E-state index in [0.717, 1.165) is 25.5 Å². The van der Waals surface area contributed by atoms with E-state index in [1.54, 1.807) is 6.20 Å². The van der Waals surface area contributed by atoms with E-state index in [1.165, 1.54) is 6.42 Å². The van der Waals surface area contributed by atoms with Crippen LogP contribution in [0.5, 0.6) is 0 Å². The molecule has 13 heavy (non-hydrogen) atoms. The van der Waals surface area contributed by atoms with Crippen LogP contribution in [-0.2, 0) is 11.3 Å². The van der Waals surface area contributed by atoms with Gasteiger partial charge in [-0.15, -0.1) is 0 Å². The highest BCUT2D eigenvalue weighted by Crippen LogP contribution is 2.09. The molecule has 0 radical (unpaired) electrons. The molecule has 2 heterocycles. The quantitative estimate of drug-likeness (QED) is 0.748. The van der Waals surface area contributed by atoms with E-state index in [0.29, 0.717) is 12.5 Å². The highest BCUT2D eigenvalue weighted by atomic mass is 16.5. The summed E-state index contributed by atoms with van der Waals surface area (Å²) >= 11 is 0. The summed E-state index contributed by atoms with van der Waals surface area (Å²) < 4.78 is 10.4. The molecule has 0 saturated carbocycles. The normalized spacial score (nSPS) is 22.3. The fourth-order valence-corrected chi connectivity index (χ4v) is 1.50. The first-order chi connectivity index (χ1) is 6.45. The van der Waals surface area contributed by atoms with E-state index < -0.39 is 0 Å². The molecule has 1 atom stereocenters. The Hall–Kier alpha value is -0.870. The fourth-order valence-electron chi connectivity index (χ4n) is 1.50. The molecule has 0 spiro atoms. The van der Waals surface area contributed by atoms with Gasteiger partial charge in [0, 0.05) is 12.6 Å². The molecule has 1 fully saturated rings. The average molecular weight is 182 g/mol. The van der Waals surface area contributed by atoms with Gasteiger partial charge in [0.1, 0.15) is 6.61 Å². The largest absolute Gasteiger partial charge is 0.373 e. The Kier molecular flexibility index (Phi) is 2.94. The summed E-state index contributed by atoms with van der Waals surface area (Å²) in [6.07, 6.45) is 2.85. The molecule has 1 aliphatic heterocycles. The van der Waals surface area contributed by atoms with Gasteiger partial charge in [-0.05, 0) is 18.9 Å². The summed E-state index contributed by atoms with van der Waals surface area (Å²) in [6, 6.07) is 1.83. The lowest BCUT2D eigenvalue weighted by Crippen LogP contribution is -2.13. The van der Waals surface area contributed by atoms with E-state index in [2.05, 4.69) is 10.5 Å². The number of hydrogen-bond donors (Lipinski definition) is 1. The van der Waals surface area contributed by atoms with Gasteiger partial charge >= 0.3 is 0 Å². The van der Waals surface area contributed by atoms with Crippen LogP contribution in [0.25, 0.3) is 0 Å². The molecule has 1 N–H and O–H groups in total. The van der Waals surface area contributed by atoms with Crippen LogP contribution in [0.15, 0.2) is 16.8 Å². The summed E-state index contributed by atoms with van der Waals surface area (Å²) in [5.74, 6) is 1.47. The second-order valence-corrected chi connectivity index (χ2v) is 3.35. The number of rotatable bonds is 4. The SMILES string of the molecule is c1cc(COCC2CCNC2)on1. The van der Waals surface area contributed by atoms with Gasteiger partial charge in [-0.2, -0.15) is 0 Å². The Labute approximate surface area is 77.2 Å². The first kappa shape index (κ1) is 8.72. The molecule has 0 amide bonds. The van der Waals surface area contributed by atoms with Crippen LogP contribution in [0, 0.1) is 5.92 Å². The second kappa shape index (κ2) is 4.39. The van der Waals surface area contributed by atoms with Gasteiger partial charge in [0.2, 0.25) is 0 Å². The van der Waals surface area contributed by atoms with Gasteiger partial charge in [-0.1, -0.05) is 5.16 Å². The summed E-state index contributed by atoms with van der Waals surface area (Å²) in [5.41, 5.74) is 0. The Morgan fingerprint density at radius 3 is 3.38 bits per heavy atom. The molecule has 0 aliphatic carbocycles. The van der Waals surface area contributed by atoms with Crippen molar-refractivity contribution in [2.45, 2.75) is 13.0 Å². The van der Waals surface area contributed by atoms with Crippen molar-refractivity contribution >= 4 is 0 Å². The van der Waals surface area contributed by atoms with Crippen molar-refractivity contribution in [3.05, 3.63) is 18.0 Å². The van der Waals surface area contributed by atoms with Crippen LogP contribution in [0.3, 0.4) is 0 Å². The zero-order valence-corrected chi connectivity index (χ0v) is 7.53. The lowest BCUT2D eigenvalue weighted by Gasteiger charge is -2.07. The minimum absolute atomic E-state index is 0.538. The van der Waals surface area contributed by atoms with Gasteiger partial charge in [-0.3, -0.25) is 0 Å². The fraction of sp³-hybridized carbons (Fsp3) is 0.667. The first-order valence-corrected chi connectivity index (χ1v) is 4.63. The van der Waals surface area contributed by atoms with Gasteiger partial charge < -0.3 is 14.6 Å². The molecule has 1 saturated heterocycles. The molecular weight excluding hydrogens is 168 g/mol. The molecule has 0 bridgehead atoms. The highest BCUT2D eigenvalue weighted by molar-refractivity contribution is 4.90. The third kappa shape index (κ3) is 2.54. The molecule has 1 aliphatic rings. The van der Waals surface area contributed by atoms with Crippen molar-refractivity contribution in [3.8, 4) is 0 Å². The molecule has 0 aromatic carbocycles.